The third-order valence-electron chi connectivity index (χ3n) is 2.05. The zero-order valence-electron chi connectivity index (χ0n) is 8.32. The van der Waals surface area contributed by atoms with Crippen LogP contribution in [0.4, 0.5) is 10.2 Å². The minimum absolute atomic E-state index is 0.248. The summed E-state index contributed by atoms with van der Waals surface area (Å²) in [5.74, 6) is 0.467. The van der Waals surface area contributed by atoms with Crippen LogP contribution in [0.2, 0.25) is 0 Å². The summed E-state index contributed by atoms with van der Waals surface area (Å²) in [5.41, 5.74) is 0.846. The van der Waals surface area contributed by atoms with Gasteiger partial charge in [0.05, 0.1) is 0 Å². The van der Waals surface area contributed by atoms with Crippen molar-refractivity contribution in [3.05, 3.63) is 52.6 Å². The molecule has 0 saturated carbocycles. The second-order valence-corrected chi connectivity index (χ2v) is 4.04. The number of hydrogen-bond acceptors (Lipinski definition) is 3. The normalized spacial score (nSPS) is 10.1. The highest BCUT2D eigenvalue weighted by Crippen LogP contribution is 2.18. The average molecular weight is 282 g/mol. The molecule has 0 unspecified atom stereocenters. The predicted octanol–water partition coefficient (Wildman–Crippen LogP) is 2.99. The van der Waals surface area contributed by atoms with E-state index in [4.69, 9.17) is 0 Å². The number of hydrogen-bond donors (Lipinski definition) is 1. The summed E-state index contributed by atoms with van der Waals surface area (Å²) >= 11 is 3.36. The number of aromatic nitrogens is 2. The maximum atomic E-state index is 13.0. The lowest BCUT2D eigenvalue weighted by atomic mass is 10.2. The molecule has 0 aliphatic rings. The Morgan fingerprint density at radius 1 is 1.31 bits per heavy atom. The molecule has 0 aliphatic heterocycles. The number of benzene rings is 1. The zero-order valence-corrected chi connectivity index (χ0v) is 9.91. The lowest BCUT2D eigenvalue weighted by molar-refractivity contribution is 0.625. The van der Waals surface area contributed by atoms with Crippen LogP contribution in [-0.4, -0.2) is 9.97 Å². The third-order valence-corrected chi connectivity index (χ3v) is 2.82. The Balaban J connectivity index is 2.08. The summed E-state index contributed by atoms with van der Waals surface area (Å²) in [5, 5.41) is 3.08. The van der Waals surface area contributed by atoms with Gasteiger partial charge < -0.3 is 5.32 Å². The summed E-state index contributed by atoms with van der Waals surface area (Å²) < 4.78 is 13.9. The molecular weight excluding hydrogens is 273 g/mol. The Labute approximate surface area is 101 Å². The van der Waals surface area contributed by atoms with Crippen molar-refractivity contribution < 1.29 is 4.39 Å². The molecule has 1 aromatic carbocycles. The van der Waals surface area contributed by atoms with E-state index in [1.54, 1.807) is 18.3 Å². The van der Waals surface area contributed by atoms with Gasteiger partial charge in [0.25, 0.3) is 0 Å². The van der Waals surface area contributed by atoms with E-state index in [0.29, 0.717) is 12.4 Å². The molecule has 5 heteroatoms. The van der Waals surface area contributed by atoms with Crippen LogP contribution in [0.5, 0.6) is 0 Å². The largest absolute Gasteiger partial charge is 0.366 e. The van der Waals surface area contributed by atoms with E-state index < -0.39 is 0 Å². The Kier molecular flexibility index (Phi) is 3.46. The second kappa shape index (κ2) is 5.03. The molecule has 0 radical (unpaired) electrons. The summed E-state index contributed by atoms with van der Waals surface area (Å²) in [6, 6.07) is 6.34. The molecule has 82 valence electrons. The molecular formula is C11H9BrFN3. The topological polar surface area (TPSA) is 37.8 Å². The van der Waals surface area contributed by atoms with Crippen molar-refractivity contribution in [1.29, 1.82) is 0 Å². The van der Waals surface area contributed by atoms with Gasteiger partial charge in [0.2, 0.25) is 0 Å². The first-order valence-electron chi connectivity index (χ1n) is 4.69. The highest BCUT2D eigenvalue weighted by atomic mass is 79.9. The molecule has 0 atom stereocenters. The van der Waals surface area contributed by atoms with Crippen molar-refractivity contribution in [2.24, 2.45) is 0 Å². The molecule has 0 fully saturated rings. The number of nitrogens with one attached hydrogen (secondary N) is 1. The van der Waals surface area contributed by atoms with Crippen LogP contribution >= 0.6 is 15.9 Å². The fourth-order valence-electron chi connectivity index (χ4n) is 1.26. The van der Waals surface area contributed by atoms with E-state index in [1.807, 2.05) is 0 Å². The zero-order chi connectivity index (χ0) is 11.4. The third kappa shape index (κ3) is 2.76. The number of nitrogens with zero attached hydrogens (tertiary/aromatic N) is 2. The minimum atomic E-state index is -0.248. The Morgan fingerprint density at radius 3 is 2.94 bits per heavy atom. The van der Waals surface area contributed by atoms with E-state index in [0.717, 1.165) is 10.0 Å². The molecule has 1 heterocycles. The van der Waals surface area contributed by atoms with Crippen LogP contribution in [0, 0.1) is 5.82 Å². The minimum Gasteiger partial charge on any atom is -0.366 e. The predicted molar refractivity (Wildman–Crippen MR) is 63.5 cm³/mol. The molecule has 0 saturated heterocycles. The fraction of sp³-hybridized carbons (Fsp3) is 0.0909. The summed E-state index contributed by atoms with van der Waals surface area (Å²) in [6.07, 6.45) is 3.11. The van der Waals surface area contributed by atoms with Crippen LogP contribution < -0.4 is 5.32 Å². The van der Waals surface area contributed by atoms with E-state index in [2.05, 4.69) is 31.2 Å². The van der Waals surface area contributed by atoms with Gasteiger partial charge in [-0.2, -0.15) is 0 Å². The van der Waals surface area contributed by atoms with Gasteiger partial charge >= 0.3 is 0 Å². The van der Waals surface area contributed by atoms with Gasteiger partial charge in [-0.25, -0.2) is 14.4 Å². The van der Waals surface area contributed by atoms with Gasteiger partial charge in [0, 0.05) is 17.2 Å². The molecule has 16 heavy (non-hydrogen) atoms. The average Bonchev–Trinajstić information content (AvgIpc) is 2.32. The fourth-order valence-corrected chi connectivity index (χ4v) is 1.65. The van der Waals surface area contributed by atoms with Crippen LogP contribution in [0.25, 0.3) is 0 Å². The van der Waals surface area contributed by atoms with E-state index in [1.165, 1.54) is 18.5 Å². The van der Waals surface area contributed by atoms with Crippen molar-refractivity contribution in [3.63, 3.8) is 0 Å². The molecule has 0 aliphatic carbocycles. The van der Waals surface area contributed by atoms with Gasteiger partial charge in [-0.3, -0.25) is 0 Å². The maximum absolute atomic E-state index is 13.0. The van der Waals surface area contributed by atoms with Crippen molar-refractivity contribution in [3.8, 4) is 0 Å². The number of rotatable bonds is 3. The first-order valence-corrected chi connectivity index (χ1v) is 5.49. The van der Waals surface area contributed by atoms with Crippen LogP contribution in [0.3, 0.4) is 0 Å². The standard InChI is InChI=1S/C11H9BrFN3/c12-10-2-1-9(13)5-8(10)6-15-11-3-4-14-7-16-11/h1-5,7H,6H2,(H,14,15,16). The molecule has 0 spiro atoms. The van der Waals surface area contributed by atoms with Crippen molar-refractivity contribution in [2.75, 3.05) is 5.32 Å². The van der Waals surface area contributed by atoms with Crippen LogP contribution in [0.1, 0.15) is 5.56 Å². The molecule has 2 aromatic rings. The molecule has 2 rings (SSSR count). The summed E-state index contributed by atoms with van der Waals surface area (Å²) in [6.45, 7) is 0.509. The quantitative estimate of drug-likeness (QED) is 0.940. The molecule has 0 bridgehead atoms. The van der Waals surface area contributed by atoms with E-state index >= 15 is 0 Å². The van der Waals surface area contributed by atoms with Gasteiger partial charge in [-0.05, 0) is 29.8 Å². The molecule has 1 aromatic heterocycles. The summed E-state index contributed by atoms with van der Waals surface area (Å²) in [7, 11) is 0. The maximum Gasteiger partial charge on any atom is 0.129 e. The number of halogens is 2. The smallest absolute Gasteiger partial charge is 0.129 e. The summed E-state index contributed by atoms with van der Waals surface area (Å²) in [4.78, 5) is 7.83. The van der Waals surface area contributed by atoms with E-state index in [9.17, 15) is 4.39 Å². The van der Waals surface area contributed by atoms with Gasteiger partial charge in [-0.1, -0.05) is 15.9 Å². The van der Waals surface area contributed by atoms with Gasteiger partial charge in [0.1, 0.15) is 18.0 Å². The highest BCUT2D eigenvalue weighted by molar-refractivity contribution is 9.10. The van der Waals surface area contributed by atoms with Crippen molar-refractivity contribution in [1.82, 2.24) is 9.97 Å². The Morgan fingerprint density at radius 2 is 2.19 bits per heavy atom. The van der Waals surface area contributed by atoms with Crippen molar-refractivity contribution >= 4 is 21.7 Å². The SMILES string of the molecule is Fc1ccc(Br)c(CNc2ccncn2)c1. The van der Waals surface area contributed by atoms with Gasteiger partial charge in [0.15, 0.2) is 0 Å². The highest BCUT2D eigenvalue weighted by Gasteiger charge is 2.01. The van der Waals surface area contributed by atoms with Crippen molar-refractivity contribution in [2.45, 2.75) is 6.54 Å². The second-order valence-electron chi connectivity index (χ2n) is 3.18. The Hall–Kier alpha value is -1.49. The van der Waals surface area contributed by atoms with Crippen LogP contribution in [0.15, 0.2) is 41.3 Å². The number of anilines is 1. The van der Waals surface area contributed by atoms with Crippen LogP contribution in [-0.2, 0) is 6.54 Å². The van der Waals surface area contributed by atoms with E-state index in [-0.39, 0.29) is 5.82 Å². The monoisotopic (exact) mass is 281 g/mol. The Bertz CT molecular complexity index is 476. The lowest BCUT2D eigenvalue weighted by Gasteiger charge is -2.07. The molecule has 0 amide bonds. The molecule has 3 nitrogen and oxygen atoms in total. The first-order chi connectivity index (χ1) is 7.75. The lowest BCUT2D eigenvalue weighted by Crippen LogP contribution is -2.02. The molecule has 1 N–H and O–H groups in total. The first kappa shape index (κ1) is 11.0. The van der Waals surface area contributed by atoms with Gasteiger partial charge in [-0.15, -0.1) is 0 Å².